The van der Waals surface area contributed by atoms with Crippen molar-refractivity contribution in [2.24, 2.45) is 5.92 Å². The predicted molar refractivity (Wildman–Crippen MR) is 232 cm³/mol. The van der Waals surface area contributed by atoms with Gasteiger partial charge in [0.15, 0.2) is 17.5 Å². The SMILES string of the molecule is CC1C=CC(N(c2ccccc2)c2ccc3c(c2)C2(c4ccccc4-c4ccc(-c5nc(-c6ccccc6)nc(-c6ccccc6)n5)cc42)c2ccccc2-3)=CC1. The van der Waals surface area contributed by atoms with E-state index in [4.69, 9.17) is 15.0 Å². The molecule has 2 unspecified atom stereocenters. The lowest BCUT2D eigenvalue weighted by Crippen LogP contribution is -2.26. The number of fused-ring (bicyclic) bond motifs is 10. The highest BCUT2D eigenvalue weighted by Crippen LogP contribution is 2.63. The van der Waals surface area contributed by atoms with Crippen LogP contribution in [0.15, 0.2) is 200 Å². The van der Waals surface area contributed by atoms with Crippen LogP contribution in [-0.2, 0) is 5.41 Å². The Morgan fingerprint density at radius 1 is 0.456 bits per heavy atom. The molecule has 4 heteroatoms. The smallest absolute Gasteiger partial charge is 0.164 e. The normalized spacial score (nSPS) is 17.1. The number of hydrogen-bond acceptors (Lipinski definition) is 4. The zero-order chi connectivity index (χ0) is 37.9. The second-order valence-electron chi connectivity index (χ2n) is 15.2. The number of aromatic nitrogens is 3. The first kappa shape index (κ1) is 33.2. The van der Waals surface area contributed by atoms with Gasteiger partial charge in [0.2, 0.25) is 0 Å². The molecule has 0 radical (unpaired) electrons. The van der Waals surface area contributed by atoms with Gasteiger partial charge < -0.3 is 4.90 Å². The van der Waals surface area contributed by atoms with Crippen molar-refractivity contribution in [1.82, 2.24) is 15.0 Å². The Hall–Kier alpha value is -7.17. The lowest BCUT2D eigenvalue weighted by atomic mass is 9.70. The number of benzene rings is 7. The van der Waals surface area contributed by atoms with Crippen LogP contribution >= 0.6 is 0 Å². The van der Waals surface area contributed by atoms with E-state index in [0.29, 0.717) is 23.4 Å². The highest BCUT2D eigenvalue weighted by molar-refractivity contribution is 5.96. The summed E-state index contributed by atoms with van der Waals surface area (Å²) in [6.07, 6.45) is 8.00. The number of allylic oxidation sites excluding steroid dienone is 3. The van der Waals surface area contributed by atoms with Gasteiger partial charge in [-0.15, -0.1) is 0 Å². The van der Waals surface area contributed by atoms with E-state index in [2.05, 4.69) is 170 Å². The summed E-state index contributed by atoms with van der Waals surface area (Å²) in [6, 6.07) is 63.0. The molecule has 7 aromatic carbocycles. The lowest BCUT2D eigenvalue weighted by molar-refractivity contribution is 0.728. The van der Waals surface area contributed by atoms with Gasteiger partial charge in [0, 0.05) is 33.8 Å². The molecular formula is C53H38N4. The van der Waals surface area contributed by atoms with Crippen LogP contribution in [0.5, 0.6) is 0 Å². The van der Waals surface area contributed by atoms with E-state index >= 15 is 0 Å². The van der Waals surface area contributed by atoms with Gasteiger partial charge in [-0.05, 0) is 93.3 Å². The summed E-state index contributed by atoms with van der Waals surface area (Å²) < 4.78 is 0. The monoisotopic (exact) mass is 730 g/mol. The summed E-state index contributed by atoms with van der Waals surface area (Å²) in [5.41, 5.74) is 15.9. The van der Waals surface area contributed by atoms with Crippen molar-refractivity contribution in [1.29, 1.82) is 0 Å². The maximum Gasteiger partial charge on any atom is 0.164 e. The van der Waals surface area contributed by atoms with Crippen LogP contribution in [0.2, 0.25) is 0 Å². The highest BCUT2D eigenvalue weighted by Gasteiger charge is 2.52. The number of rotatable bonds is 6. The van der Waals surface area contributed by atoms with Gasteiger partial charge in [-0.1, -0.05) is 165 Å². The predicted octanol–water partition coefficient (Wildman–Crippen LogP) is 12.8. The average molecular weight is 731 g/mol. The maximum absolute atomic E-state index is 5.16. The Labute approximate surface area is 333 Å². The van der Waals surface area contributed by atoms with Gasteiger partial charge in [0.1, 0.15) is 0 Å². The first-order chi connectivity index (χ1) is 28.2. The van der Waals surface area contributed by atoms with Crippen molar-refractivity contribution < 1.29 is 0 Å². The molecule has 0 amide bonds. The largest absolute Gasteiger partial charge is 0.311 e. The standard InChI is InChI=1S/C53H38N4/c1-35-25-28-40(29-26-35)57(39-19-9-4-10-20-39)41-30-32-45-43-22-12-14-24-47(43)53(49(45)34-41)46-23-13-11-21-42(46)44-31-27-38(33-48(44)53)52-55-50(36-15-5-2-6-16-36)54-51(56-52)37-17-7-3-8-18-37/h2-25,27-35H,26H2,1H3. The average Bonchev–Trinajstić information content (AvgIpc) is 3.75. The molecule has 1 aromatic heterocycles. The molecule has 3 aliphatic carbocycles. The summed E-state index contributed by atoms with van der Waals surface area (Å²) >= 11 is 0. The number of anilines is 2. The van der Waals surface area contributed by atoms with Crippen molar-refractivity contribution in [3.63, 3.8) is 0 Å². The van der Waals surface area contributed by atoms with E-state index in [1.807, 2.05) is 36.4 Å². The maximum atomic E-state index is 5.16. The van der Waals surface area contributed by atoms with Crippen LogP contribution < -0.4 is 4.90 Å². The van der Waals surface area contributed by atoms with E-state index in [9.17, 15) is 0 Å². The summed E-state index contributed by atoms with van der Waals surface area (Å²) in [4.78, 5) is 17.7. The van der Waals surface area contributed by atoms with E-state index in [0.717, 1.165) is 34.5 Å². The molecule has 0 aliphatic heterocycles. The summed E-state index contributed by atoms with van der Waals surface area (Å²) in [6.45, 7) is 2.28. The fraction of sp³-hybridized carbons (Fsp3) is 0.0755. The Bertz CT molecular complexity index is 2830. The van der Waals surface area contributed by atoms with E-state index in [1.54, 1.807) is 0 Å². The molecule has 1 spiro atoms. The zero-order valence-electron chi connectivity index (χ0n) is 31.5. The topological polar surface area (TPSA) is 41.9 Å². The Morgan fingerprint density at radius 3 is 1.53 bits per heavy atom. The molecule has 2 atom stereocenters. The van der Waals surface area contributed by atoms with Crippen LogP contribution in [0.1, 0.15) is 35.6 Å². The molecule has 0 bridgehead atoms. The van der Waals surface area contributed by atoms with Crippen molar-refractivity contribution in [3.05, 3.63) is 222 Å². The quantitative estimate of drug-likeness (QED) is 0.171. The van der Waals surface area contributed by atoms with Crippen LogP contribution in [0.3, 0.4) is 0 Å². The number of nitrogens with zero attached hydrogens (tertiary/aromatic N) is 4. The number of hydrogen-bond donors (Lipinski definition) is 0. The van der Waals surface area contributed by atoms with Gasteiger partial charge >= 0.3 is 0 Å². The van der Waals surface area contributed by atoms with E-state index < -0.39 is 5.41 Å². The van der Waals surface area contributed by atoms with Gasteiger partial charge in [-0.3, -0.25) is 0 Å². The van der Waals surface area contributed by atoms with Gasteiger partial charge in [0.05, 0.1) is 5.41 Å². The highest BCUT2D eigenvalue weighted by atomic mass is 15.1. The van der Waals surface area contributed by atoms with Crippen LogP contribution in [0.4, 0.5) is 11.4 Å². The molecule has 270 valence electrons. The molecule has 0 saturated carbocycles. The molecule has 8 aromatic rings. The molecule has 57 heavy (non-hydrogen) atoms. The van der Waals surface area contributed by atoms with Gasteiger partial charge in [-0.25, -0.2) is 15.0 Å². The third-order valence-electron chi connectivity index (χ3n) is 11.9. The van der Waals surface area contributed by atoms with Crippen molar-refractivity contribution in [3.8, 4) is 56.4 Å². The number of para-hydroxylation sites is 1. The Balaban J connectivity index is 1.16. The third kappa shape index (κ3) is 5.25. The van der Waals surface area contributed by atoms with Crippen molar-refractivity contribution >= 4 is 11.4 Å². The summed E-state index contributed by atoms with van der Waals surface area (Å²) in [5, 5.41) is 0. The summed E-state index contributed by atoms with van der Waals surface area (Å²) in [7, 11) is 0. The fourth-order valence-corrected chi connectivity index (χ4v) is 9.25. The first-order valence-corrected chi connectivity index (χ1v) is 19.8. The van der Waals surface area contributed by atoms with Gasteiger partial charge in [-0.2, -0.15) is 0 Å². The molecule has 11 rings (SSSR count). The molecule has 0 fully saturated rings. The molecule has 3 aliphatic rings. The van der Waals surface area contributed by atoms with Crippen LogP contribution in [0.25, 0.3) is 56.4 Å². The minimum absolute atomic E-state index is 0.516. The summed E-state index contributed by atoms with van der Waals surface area (Å²) in [5.74, 6) is 2.47. The molecule has 0 N–H and O–H groups in total. The minimum Gasteiger partial charge on any atom is -0.311 e. The Morgan fingerprint density at radius 2 is 0.947 bits per heavy atom. The molecule has 1 heterocycles. The van der Waals surface area contributed by atoms with Crippen molar-refractivity contribution in [2.75, 3.05) is 4.90 Å². The minimum atomic E-state index is -0.560. The lowest BCUT2D eigenvalue weighted by Gasteiger charge is -2.33. The molecule has 0 saturated heterocycles. The second kappa shape index (κ2) is 13.2. The van der Waals surface area contributed by atoms with E-state index in [-0.39, 0.29) is 0 Å². The van der Waals surface area contributed by atoms with Gasteiger partial charge in [0.25, 0.3) is 0 Å². The van der Waals surface area contributed by atoms with Crippen LogP contribution in [0, 0.1) is 5.92 Å². The third-order valence-corrected chi connectivity index (χ3v) is 11.9. The van der Waals surface area contributed by atoms with E-state index in [1.165, 1.54) is 50.2 Å². The molecule has 4 nitrogen and oxygen atoms in total. The first-order valence-electron chi connectivity index (χ1n) is 19.8. The van der Waals surface area contributed by atoms with Crippen molar-refractivity contribution in [2.45, 2.75) is 18.8 Å². The fourth-order valence-electron chi connectivity index (χ4n) is 9.25. The second-order valence-corrected chi connectivity index (χ2v) is 15.2. The Kier molecular flexibility index (Phi) is 7.71. The van der Waals surface area contributed by atoms with Crippen LogP contribution in [-0.4, -0.2) is 15.0 Å². The molecular weight excluding hydrogens is 693 g/mol. The zero-order valence-corrected chi connectivity index (χ0v) is 31.5.